The van der Waals surface area contributed by atoms with Crippen LogP contribution in [-0.4, -0.2) is 55.8 Å². The van der Waals surface area contributed by atoms with Gasteiger partial charge in [0.1, 0.15) is 10.6 Å². The summed E-state index contributed by atoms with van der Waals surface area (Å²) in [5.41, 5.74) is 0.416. The second-order valence-electron chi connectivity index (χ2n) is 8.43. The minimum atomic E-state index is -3.71. The van der Waals surface area contributed by atoms with Crippen molar-refractivity contribution < 1.29 is 17.9 Å². The average molecular weight is 423 g/mol. The molecule has 1 amide bonds. The van der Waals surface area contributed by atoms with E-state index >= 15 is 0 Å². The minimum absolute atomic E-state index is 0.0679. The van der Waals surface area contributed by atoms with Gasteiger partial charge in [0.05, 0.1) is 7.11 Å². The quantitative estimate of drug-likeness (QED) is 0.694. The van der Waals surface area contributed by atoms with Crippen LogP contribution in [0.4, 0.5) is 0 Å². The molecule has 1 aromatic carbocycles. The molecule has 1 saturated carbocycles. The lowest BCUT2D eigenvalue weighted by Crippen LogP contribution is -2.43. The first-order valence-corrected chi connectivity index (χ1v) is 12.3. The molecule has 0 spiro atoms. The Hall–Kier alpha value is -1.60. The maximum atomic E-state index is 13.4. The Balaban J connectivity index is 1.96. The minimum Gasteiger partial charge on any atom is -0.495 e. The van der Waals surface area contributed by atoms with Crippen molar-refractivity contribution in [1.82, 2.24) is 9.21 Å². The lowest BCUT2D eigenvalue weighted by molar-refractivity contribution is 0.0613. The molecular weight excluding hydrogens is 388 g/mol. The number of rotatable bonds is 6. The van der Waals surface area contributed by atoms with Gasteiger partial charge >= 0.3 is 0 Å². The van der Waals surface area contributed by atoms with Crippen LogP contribution in [0.15, 0.2) is 23.1 Å². The standard InChI is InChI=1S/C22H34N2O4S/c1-17(2)24(19-10-6-7-11-19)22(25)18-12-13-20(28-3)21(16-18)29(26,27)23-14-8-4-5-9-15-23/h12-13,16-17,19H,4-11,14-15H2,1-3H3. The number of amides is 1. The molecule has 0 aromatic heterocycles. The number of carbonyl (C=O) groups excluding carboxylic acids is 1. The monoisotopic (exact) mass is 422 g/mol. The summed E-state index contributed by atoms with van der Waals surface area (Å²) in [5, 5.41) is 0. The smallest absolute Gasteiger partial charge is 0.254 e. The topological polar surface area (TPSA) is 66.9 Å². The fourth-order valence-corrected chi connectivity index (χ4v) is 6.28. The number of methoxy groups -OCH3 is 1. The summed E-state index contributed by atoms with van der Waals surface area (Å²) >= 11 is 0. The van der Waals surface area contributed by atoms with Crippen molar-refractivity contribution in [3.05, 3.63) is 23.8 Å². The first-order chi connectivity index (χ1) is 13.9. The Morgan fingerprint density at radius 3 is 2.24 bits per heavy atom. The molecule has 2 fully saturated rings. The molecule has 29 heavy (non-hydrogen) atoms. The Kier molecular flexibility index (Phi) is 7.22. The van der Waals surface area contributed by atoms with Gasteiger partial charge in [0, 0.05) is 30.7 Å². The van der Waals surface area contributed by atoms with Crippen molar-refractivity contribution in [2.45, 2.75) is 82.2 Å². The molecule has 162 valence electrons. The van der Waals surface area contributed by atoms with E-state index in [1.807, 2.05) is 18.7 Å². The van der Waals surface area contributed by atoms with Crippen molar-refractivity contribution in [3.8, 4) is 5.75 Å². The highest BCUT2D eigenvalue weighted by Crippen LogP contribution is 2.31. The molecule has 0 radical (unpaired) electrons. The highest BCUT2D eigenvalue weighted by atomic mass is 32.2. The maximum absolute atomic E-state index is 13.4. The largest absolute Gasteiger partial charge is 0.495 e. The molecule has 6 nitrogen and oxygen atoms in total. The second-order valence-corrected chi connectivity index (χ2v) is 10.3. The maximum Gasteiger partial charge on any atom is 0.254 e. The predicted octanol–water partition coefficient (Wildman–Crippen LogP) is 4.05. The van der Waals surface area contributed by atoms with E-state index in [9.17, 15) is 13.2 Å². The van der Waals surface area contributed by atoms with E-state index in [1.54, 1.807) is 16.4 Å². The van der Waals surface area contributed by atoms with Gasteiger partial charge in [-0.3, -0.25) is 4.79 Å². The zero-order valence-electron chi connectivity index (χ0n) is 17.9. The summed E-state index contributed by atoms with van der Waals surface area (Å²) in [4.78, 5) is 15.4. The molecular formula is C22H34N2O4S. The van der Waals surface area contributed by atoms with Crippen molar-refractivity contribution in [2.24, 2.45) is 0 Å². The third-order valence-corrected chi connectivity index (χ3v) is 8.02. The van der Waals surface area contributed by atoms with Crippen molar-refractivity contribution in [2.75, 3.05) is 20.2 Å². The number of benzene rings is 1. The van der Waals surface area contributed by atoms with E-state index in [-0.39, 0.29) is 22.9 Å². The number of ether oxygens (including phenoxy) is 1. The van der Waals surface area contributed by atoms with Gasteiger partial charge in [-0.15, -0.1) is 0 Å². The van der Waals surface area contributed by atoms with Crippen LogP contribution in [0, 0.1) is 0 Å². The Bertz CT molecular complexity index is 808. The number of sulfonamides is 1. The Labute approximate surface area is 175 Å². The molecule has 7 heteroatoms. The molecule has 2 aliphatic rings. The average Bonchev–Trinajstić information content (AvgIpc) is 3.07. The number of nitrogens with zero attached hydrogens (tertiary/aromatic N) is 2. The first kappa shape index (κ1) is 22.1. The van der Waals surface area contributed by atoms with Crippen LogP contribution in [0.2, 0.25) is 0 Å². The summed E-state index contributed by atoms with van der Waals surface area (Å²) in [7, 11) is -2.24. The van der Waals surface area contributed by atoms with Gasteiger partial charge < -0.3 is 9.64 Å². The van der Waals surface area contributed by atoms with Gasteiger partial charge in [0.15, 0.2) is 0 Å². The first-order valence-electron chi connectivity index (χ1n) is 10.9. The van der Waals surface area contributed by atoms with Crippen molar-refractivity contribution >= 4 is 15.9 Å². The zero-order chi connectivity index (χ0) is 21.0. The van der Waals surface area contributed by atoms with Gasteiger partial charge in [-0.05, 0) is 57.7 Å². The van der Waals surface area contributed by atoms with Gasteiger partial charge in [0.2, 0.25) is 10.0 Å². The Morgan fingerprint density at radius 1 is 1.07 bits per heavy atom. The van der Waals surface area contributed by atoms with Crippen molar-refractivity contribution in [3.63, 3.8) is 0 Å². The second kappa shape index (κ2) is 9.47. The van der Waals surface area contributed by atoms with Crippen LogP contribution in [-0.2, 0) is 10.0 Å². The number of hydrogen-bond donors (Lipinski definition) is 0. The molecule has 1 heterocycles. The molecule has 1 saturated heterocycles. The third-order valence-electron chi connectivity index (χ3n) is 6.10. The van der Waals surface area contributed by atoms with Crippen LogP contribution in [0.25, 0.3) is 0 Å². The van der Waals surface area contributed by atoms with E-state index in [0.29, 0.717) is 24.4 Å². The van der Waals surface area contributed by atoms with E-state index in [0.717, 1.165) is 51.4 Å². The summed E-state index contributed by atoms with van der Waals surface area (Å²) in [6.07, 6.45) is 8.12. The van der Waals surface area contributed by atoms with Crippen LogP contribution in [0.1, 0.15) is 75.6 Å². The predicted molar refractivity (Wildman–Crippen MR) is 114 cm³/mol. The Morgan fingerprint density at radius 2 is 1.69 bits per heavy atom. The van der Waals surface area contributed by atoms with E-state index in [4.69, 9.17) is 4.74 Å². The summed E-state index contributed by atoms with van der Waals surface area (Å²) < 4.78 is 33.7. The summed E-state index contributed by atoms with van der Waals surface area (Å²) in [6, 6.07) is 5.12. The van der Waals surface area contributed by atoms with Crippen LogP contribution in [0.5, 0.6) is 5.75 Å². The molecule has 0 N–H and O–H groups in total. The fourth-order valence-electron chi connectivity index (χ4n) is 4.59. The summed E-state index contributed by atoms with van der Waals surface area (Å²) in [5.74, 6) is 0.199. The molecule has 0 unspecified atom stereocenters. The van der Waals surface area contributed by atoms with Gasteiger partial charge in [-0.25, -0.2) is 8.42 Å². The summed E-state index contributed by atoms with van der Waals surface area (Å²) in [6.45, 7) is 5.08. The molecule has 1 aliphatic carbocycles. The molecule has 1 aliphatic heterocycles. The third kappa shape index (κ3) is 4.77. The van der Waals surface area contributed by atoms with Gasteiger partial charge in [0.25, 0.3) is 5.91 Å². The van der Waals surface area contributed by atoms with Gasteiger partial charge in [-0.1, -0.05) is 25.7 Å². The van der Waals surface area contributed by atoms with E-state index in [2.05, 4.69) is 0 Å². The highest BCUT2D eigenvalue weighted by Gasteiger charge is 2.32. The van der Waals surface area contributed by atoms with Gasteiger partial charge in [-0.2, -0.15) is 4.31 Å². The van der Waals surface area contributed by atoms with E-state index < -0.39 is 10.0 Å². The van der Waals surface area contributed by atoms with Crippen molar-refractivity contribution in [1.29, 1.82) is 0 Å². The van der Waals surface area contributed by atoms with Crippen LogP contribution < -0.4 is 4.74 Å². The fraction of sp³-hybridized carbons (Fsp3) is 0.682. The zero-order valence-corrected chi connectivity index (χ0v) is 18.7. The normalized spacial score (nSPS) is 19.3. The lowest BCUT2D eigenvalue weighted by Gasteiger charge is -2.33. The van der Waals surface area contributed by atoms with Crippen LogP contribution in [0.3, 0.4) is 0 Å². The molecule has 1 aromatic rings. The molecule has 3 rings (SSSR count). The lowest BCUT2D eigenvalue weighted by atomic mass is 10.1. The molecule has 0 atom stereocenters. The molecule has 0 bridgehead atoms. The van der Waals surface area contributed by atoms with Crippen LogP contribution >= 0.6 is 0 Å². The number of hydrogen-bond acceptors (Lipinski definition) is 4. The van der Waals surface area contributed by atoms with E-state index in [1.165, 1.54) is 13.2 Å². The highest BCUT2D eigenvalue weighted by molar-refractivity contribution is 7.89. The number of carbonyl (C=O) groups is 1. The SMILES string of the molecule is COc1ccc(C(=O)N(C(C)C)C2CCCC2)cc1S(=O)(=O)N1CCCCCC1.